The first kappa shape index (κ1) is 24.4. The highest BCUT2D eigenvalue weighted by molar-refractivity contribution is 5.87. The number of nitrogens with zero attached hydrogens (tertiary/aromatic N) is 2. The Labute approximate surface area is 192 Å². The van der Waals surface area contributed by atoms with Crippen LogP contribution in [0, 0.1) is 6.92 Å². The number of phenols is 1. The second-order valence-electron chi connectivity index (χ2n) is 7.14. The number of fused-ring (bicyclic) bond motifs is 1. The predicted molar refractivity (Wildman–Crippen MR) is 121 cm³/mol. The van der Waals surface area contributed by atoms with Crippen LogP contribution in [0.1, 0.15) is 5.69 Å². The number of hydrogen-bond acceptors (Lipinski definition) is 9. The van der Waals surface area contributed by atoms with E-state index in [2.05, 4.69) is 9.97 Å². The molecule has 3 rings (SSSR count). The monoisotopic (exact) mass is 456 g/mol. The maximum atomic E-state index is 11.9. The van der Waals surface area contributed by atoms with E-state index in [4.69, 9.17) is 23.7 Å². The highest BCUT2D eigenvalue weighted by Crippen LogP contribution is 2.26. The fraction of sp³-hybridized carbons (Fsp3) is 0.375. The molecule has 0 saturated heterocycles. The number of rotatable bonds is 13. The SMILES string of the molecule is COCCOCCOCCOC(=O)COc1cc(C)nc(-c2ccc3cc(O)ccc3c2)n1. The number of hydrogen-bond donors (Lipinski definition) is 1. The molecule has 9 nitrogen and oxygen atoms in total. The van der Waals surface area contributed by atoms with Gasteiger partial charge in [0.2, 0.25) is 5.88 Å². The Morgan fingerprint density at radius 1 is 0.879 bits per heavy atom. The highest BCUT2D eigenvalue weighted by Gasteiger charge is 2.10. The Hall–Kier alpha value is -3.27. The summed E-state index contributed by atoms with van der Waals surface area (Å²) in [7, 11) is 1.61. The van der Waals surface area contributed by atoms with E-state index in [1.807, 2.05) is 31.2 Å². The number of carbonyl (C=O) groups excluding carboxylic acids is 1. The van der Waals surface area contributed by atoms with Crippen LogP contribution in [-0.2, 0) is 23.7 Å². The number of phenolic OH excluding ortho intramolecular Hbond substituents is 1. The predicted octanol–water partition coefficient (Wildman–Crippen LogP) is 2.91. The van der Waals surface area contributed by atoms with E-state index in [1.54, 1.807) is 25.3 Å². The number of methoxy groups -OCH3 is 1. The zero-order valence-corrected chi connectivity index (χ0v) is 18.8. The largest absolute Gasteiger partial charge is 0.508 e. The van der Waals surface area contributed by atoms with E-state index in [0.717, 1.165) is 16.3 Å². The first-order valence-corrected chi connectivity index (χ1v) is 10.6. The minimum Gasteiger partial charge on any atom is -0.508 e. The van der Waals surface area contributed by atoms with Crippen molar-refractivity contribution in [1.29, 1.82) is 0 Å². The summed E-state index contributed by atoms with van der Waals surface area (Å²) in [6, 6.07) is 12.5. The fourth-order valence-electron chi connectivity index (χ4n) is 2.97. The molecule has 3 aromatic rings. The molecule has 0 bridgehead atoms. The average molecular weight is 456 g/mol. The number of aromatic nitrogens is 2. The molecule has 1 N–H and O–H groups in total. The second kappa shape index (κ2) is 12.7. The fourth-order valence-corrected chi connectivity index (χ4v) is 2.97. The molecule has 176 valence electrons. The zero-order chi connectivity index (χ0) is 23.5. The van der Waals surface area contributed by atoms with Crippen LogP contribution >= 0.6 is 0 Å². The van der Waals surface area contributed by atoms with Crippen molar-refractivity contribution in [3.05, 3.63) is 48.2 Å². The molecule has 33 heavy (non-hydrogen) atoms. The summed E-state index contributed by atoms with van der Waals surface area (Å²) in [4.78, 5) is 20.8. The molecular formula is C24H28N2O7. The molecule has 0 radical (unpaired) electrons. The summed E-state index contributed by atoms with van der Waals surface area (Å²) in [5.41, 5.74) is 1.50. The van der Waals surface area contributed by atoms with Crippen molar-refractivity contribution < 1.29 is 33.6 Å². The third-order valence-electron chi connectivity index (χ3n) is 4.55. The molecule has 9 heteroatoms. The molecule has 0 amide bonds. The zero-order valence-electron chi connectivity index (χ0n) is 18.8. The number of ether oxygens (including phenoxy) is 5. The van der Waals surface area contributed by atoms with Crippen LogP contribution in [0.15, 0.2) is 42.5 Å². The van der Waals surface area contributed by atoms with Crippen molar-refractivity contribution in [1.82, 2.24) is 9.97 Å². The van der Waals surface area contributed by atoms with Gasteiger partial charge in [0.25, 0.3) is 0 Å². The normalized spacial score (nSPS) is 11.0. The topological polar surface area (TPSA) is 109 Å². The molecule has 0 aliphatic carbocycles. The quantitative estimate of drug-likeness (QED) is 0.307. The van der Waals surface area contributed by atoms with Gasteiger partial charge in [0.15, 0.2) is 12.4 Å². The highest BCUT2D eigenvalue weighted by atomic mass is 16.6. The van der Waals surface area contributed by atoms with Gasteiger partial charge in [-0.3, -0.25) is 0 Å². The van der Waals surface area contributed by atoms with Gasteiger partial charge in [-0.1, -0.05) is 18.2 Å². The summed E-state index contributed by atoms with van der Waals surface area (Å²) in [5.74, 6) is 0.459. The first-order valence-electron chi connectivity index (χ1n) is 10.6. The van der Waals surface area contributed by atoms with E-state index in [0.29, 0.717) is 37.9 Å². The minimum atomic E-state index is -0.515. The van der Waals surface area contributed by atoms with E-state index < -0.39 is 5.97 Å². The average Bonchev–Trinajstić information content (AvgIpc) is 2.81. The molecule has 0 fully saturated rings. The van der Waals surface area contributed by atoms with Crippen molar-refractivity contribution in [2.45, 2.75) is 6.92 Å². The van der Waals surface area contributed by atoms with Gasteiger partial charge in [-0.2, -0.15) is 4.98 Å². The first-order chi connectivity index (χ1) is 16.0. The lowest BCUT2D eigenvalue weighted by molar-refractivity contribution is -0.147. The van der Waals surface area contributed by atoms with Crippen LogP contribution in [-0.4, -0.2) is 74.4 Å². The maximum absolute atomic E-state index is 11.9. The number of esters is 1. The van der Waals surface area contributed by atoms with Crippen molar-refractivity contribution >= 4 is 16.7 Å². The second-order valence-corrected chi connectivity index (χ2v) is 7.14. The van der Waals surface area contributed by atoms with Gasteiger partial charge in [0, 0.05) is 24.4 Å². The Morgan fingerprint density at radius 3 is 2.36 bits per heavy atom. The maximum Gasteiger partial charge on any atom is 0.344 e. The van der Waals surface area contributed by atoms with Crippen molar-refractivity contribution in [2.75, 3.05) is 53.4 Å². The molecule has 0 atom stereocenters. The Balaban J connectivity index is 1.46. The molecule has 0 aliphatic heterocycles. The number of aromatic hydroxyl groups is 1. The van der Waals surface area contributed by atoms with Crippen molar-refractivity contribution in [3.63, 3.8) is 0 Å². The van der Waals surface area contributed by atoms with Crippen LogP contribution in [0.5, 0.6) is 11.6 Å². The Bertz CT molecular complexity index is 1060. The van der Waals surface area contributed by atoms with Gasteiger partial charge in [-0.15, -0.1) is 0 Å². The minimum absolute atomic E-state index is 0.126. The third-order valence-corrected chi connectivity index (χ3v) is 4.55. The Kier molecular flexibility index (Phi) is 9.37. The van der Waals surface area contributed by atoms with Gasteiger partial charge in [0.05, 0.1) is 33.0 Å². The standard InChI is InChI=1S/C24H28N2O7/c1-17-13-22(33-16-23(28)32-12-11-31-10-9-30-8-7-29-2)26-24(25-17)20-4-3-19-15-21(27)6-5-18(19)14-20/h3-6,13-15,27H,7-12,16H2,1-2H3. The summed E-state index contributed by atoms with van der Waals surface area (Å²) in [5, 5.41) is 11.5. The lowest BCUT2D eigenvalue weighted by Gasteiger charge is -2.09. The van der Waals surface area contributed by atoms with Crippen LogP contribution in [0.4, 0.5) is 0 Å². The molecule has 0 saturated carbocycles. The Morgan fingerprint density at radius 2 is 1.58 bits per heavy atom. The summed E-state index contributed by atoms with van der Waals surface area (Å²) >= 11 is 0. The van der Waals surface area contributed by atoms with Crippen LogP contribution in [0.25, 0.3) is 22.2 Å². The van der Waals surface area contributed by atoms with Gasteiger partial charge in [-0.05, 0) is 35.9 Å². The smallest absolute Gasteiger partial charge is 0.344 e. The van der Waals surface area contributed by atoms with Crippen molar-refractivity contribution in [2.24, 2.45) is 0 Å². The number of aryl methyl sites for hydroxylation is 1. The van der Waals surface area contributed by atoms with Gasteiger partial charge >= 0.3 is 5.97 Å². The van der Waals surface area contributed by atoms with Crippen LogP contribution in [0.3, 0.4) is 0 Å². The van der Waals surface area contributed by atoms with Gasteiger partial charge in [0.1, 0.15) is 12.4 Å². The number of carbonyl (C=O) groups is 1. The molecule has 0 aliphatic rings. The number of benzene rings is 2. The summed E-state index contributed by atoms with van der Waals surface area (Å²) in [6.07, 6.45) is 0. The third kappa shape index (κ3) is 7.98. The van der Waals surface area contributed by atoms with Gasteiger partial charge < -0.3 is 28.8 Å². The molecule has 2 aromatic carbocycles. The lowest BCUT2D eigenvalue weighted by Crippen LogP contribution is -2.19. The van der Waals surface area contributed by atoms with E-state index in [-0.39, 0.29) is 31.5 Å². The molecule has 0 unspecified atom stereocenters. The van der Waals surface area contributed by atoms with Gasteiger partial charge in [-0.25, -0.2) is 9.78 Å². The summed E-state index contributed by atoms with van der Waals surface area (Å²) < 4.78 is 26.1. The summed E-state index contributed by atoms with van der Waals surface area (Å²) in [6.45, 7) is 3.88. The molecule has 1 aromatic heterocycles. The van der Waals surface area contributed by atoms with Crippen LogP contribution in [0.2, 0.25) is 0 Å². The molecule has 1 heterocycles. The van der Waals surface area contributed by atoms with E-state index >= 15 is 0 Å². The van der Waals surface area contributed by atoms with E-state index in [9.17, 15) is 9.90 Å². The molecular weight excluding hydrogens is 428 g/mol. The van der Waals surface area contributed by atoms with Crippen molar-refractivity contribution in [3.8, 4) is 23.0 Å². The van der Waals surface area contributed by atoms with Crippen LogP contribution < -0.4 is 4.74 Å². The molecule has 0 spiro atoms. The van der Waals surface area contributed by atoms with E-state index in [1.165, 1.54) is 0 Å². The lowest BCUT2D eigenvalue weighted by atomic mass is 10.1.